The van der Waals surface area contributed by atoms with Crippen molar-refractivity contribution >= 4 is 11.9 Å². The lowest BCUT2D eigenvalue weighted by Crippen LogP contribution is -2.52. The van der Waals surface area contributed by atoms with Crippen LogP contribution < -0.4 is 0 Å². The van der Waals surface area contributed by atoms with Crippen LogP contribution in [0.1, 0.15) is 41.5 Å². The zero-order valence-electron chi connectivity index (χ0n) is 10.4. The second-order valence-corrected chi connectivity index (χ2v) is 5.71. The molecule has 0 aliphatic rings. The van der Waals surface area contributed by atoms with Crippen molar-refractivity contribution in [3.8, 4) is 0 Å². The van der Waals surface area contributed by atoms with Gasteiger partial charge in [0.15, 0.2) is 0 Å². The Kier molecular flexibility index (Phi) is 3.91. The van der Waals surface area contributed by atoms with Crippen LogP contribution >= 0.6 is 0 Å². The van der Waals surface area contributed by atoms with Crippen molar-refractivity contribution in [2.24, 2.45) is 5.41 Å². The van der Waals surface area contributed by atoms with Gasteiger partial charge < -0.3 is 10.0 Å². The van der Waals surface area contributed by atoms with Gasteiger partial charge in [-0.2, -0.15) is 0 Å². The number of carbonyl (C=O) groups excluding carboxylic acids is 1. The maximum atomic E-state index is 12.0. The van der Waals surface area contributed by atoms with E-state index in [-0.39, 0.29) is 12.5 Å². The van der Waals surface area contributed by atoms with Crippen LogP contribution in [0.15, 0.2) is 0 Å². The number of hydrogen-bond acceptors (Lipinski definition) is 2. The van der Waals surface area contributed by atoms with Crippen molar-refractivity contribution in [2.75, 3.05) is 6.54 Å². The molecule has 0 spiro atoms. The summed E-state index contributed by atoms with van der Waals surface area (Å²) in [6, 6.07) is 0. The Bertz CT molecular complexity index is 258. The van der Waals surface area contributed by atoms with Crippen LogP contribution in [0.3, 0.4) is 0 Å². The van der Waals surface area contributed by atoms with E-state index >= 15 is 0 Å². The van der Waals surface area contributed by atoms with Gasteiger partial charge >= 0.3 is 5.97 Å². The Morgan fingerprint density at radius 3 is 1.67 bits per heavy atom. The molecule has 0 heterocycles. The van der Waals surface area contributed by atoms with Crippen molar-refractivity contribution in [1.82, 2.24) is 4.90 Å². The molecule has 0 aromatic carbocycles. The van der Waals surface area contributed by atoms with Gasteiger partial charge in [0, 0.05) is 11.0 Å². The molecule has 0 aliphatic carbocycles. The predicted octanol–water partition coefficient (Wildman–Crippen LogP) is 1.74. The van der Waals surface area contributed by atoms with Gasteiger partial charge in [0.25, 0.3) is 0 Å². The number of amides is 1. The fourth-order valence-corrected chi connectivity index (χ4v) is 1.15. The van der Waals surface area contributed by atoms with Gasteiger partial charge in [0.2, 0.25) is 5.91 Å². The summed E-state index contributed by atoms with van der Waals surface area (Å²) in [4.78, 5) is 24.1. The van der Waals surface area contributed by atoms with Gasteiger partial charge in [-0.3, -0.25) is 9.59 Å². The first kappa shape index (κ1) is 13.9. The van der Waals surface area contributed by atoms with Gasteiger partial charge in [-0.05, 0) is 20.8 Å². The number of carbonyl (C=O) groups is 2. The van der Waals surface area contributed by atoms with Crippen molar-refractivity contribution in [2.45, 2.75) is 47.1 Å². The van der Waals surface area contributed by atoms with Crippen molar-refractivity contribution in [1.29, 1.82) is 0 Å². The summed E-state index contributed by atoms with van der Waals surface area (Å²) in [6.07, 6.45) is 0. The molecule has 1 N–H and O–H groups in total. The van der Waals surface area contributed by atoms with E-state index in [1.807, 2.05) is 20.8 Å². The molecule has 0 unspecified atom stereocenters. The molecule has 4 nitrogen and oxygen atoms in total. The summed E-state index contributed by atoms with van der Waals surface area (Å²) in [5.41, 5.74) is -1.02. The number of carboxylic acid groups (broad SMARTS) is 1. The first-order valence-electron chi connectivity index (χ1n) is 5.00. The maximum absolute atomic E-state index is 12.0. The molecule has 0 saturated carbocycles. The number of nitrogens with zero attached hydrogens (tertiary/aromatic N) is 1. The third-order valence-corrected chi connectivity index (χ3v) is 1.99. The Morgan fingerprint density at radius 2 is 1.47 bits per heavy atom. The number of hydrogen-bond donors (Lipinski definition) is 1. The second kappa shape index (κ2) is 4.21. The van der Waals surface area contributed by atoms with E-state index in [9.17, 15) is 9.59 Å². The van der Waals surface area contributed by atoms with Gasteiger partial charge in [-0.15, -0.1) is 0 Å². The minimum atomic E-state index is -0.984. The lowest BCUT2D eigenvalue weighted by atomic mass is 9.92. The summed E-state index contributed by atoms with van der Waals surface area (Å²) in [5, 5.41) is 8.77. The highest BCUT2D eigenvalue weighted by Gasteiger charge is 2.34. The molecule has 0 rings (SSSR count). The lowest BCUT2D eigenvalue weighted by molar-refractivity contribution is -0.153. The normalized spacial score (nSPS) is 12.4. The molecular formula is C11H21NO3. The molecule has 0 radical (unpaired) electrons. The zero-order valence-corrected chi connectivity index (χ0v) is 10.4. The van der Waals surface area contributed by atoms with E-state index in [0.29, 0.717) is 0 Å². The maximum Gasteiger partial charge on any atom is 0.323 e. The van der Waals surface area contributed by atoms with Crippen LogP contribution in [0.4, 0.5) is 0 Å². The number of aliphatic carboxylic acids is 1. The standard InChI is InChI=1S/C11H21NO3/c1-10(2,3)9(15)12(7-8(13)14)11(4,5)6/h7H2,1-6H3,(H,13,14). The molecule has 0 bridgehead atoms. The zero-order chi connectivity index (χ0) is 12.4. The Morgan fingerprint density at radius 1 is 1.07 bits per heavy atom. The number of carboxylic acids is 1. The van der Waals surface area contributed by atoms with Crippen molar-refractivity contribution in [3.05, 3.63) is 0 Å². The predicted molar refractivity (Wildman–Crippen MR) is 58.6 cm³/mol. The summed E-state index contributed by atoms with van der Waals surface area (Å²) < 4.78 is 0. The van der Waals surface area contributed by atoms with E-state index < -0.39 is 16.9 Å². The minimum Gasteiger partial charge on any atom is -0.480 e. The van der Waals surface area contributed by atoms with E-state index in [1.165, 1.54) is 4.90 Å². The molecule has 0 aromatic rings. The molecule has 0 aliphatic heterocycles. The Hall–Kier alpha value is -1.06. The lowest BCUT2D eigenvalue weighted by Gasteiger charge is -2.38. The molecule has 88 valence electrons. The topological polar surface area (TPSA) is 57.6 Å². The van der Waals surface area contributed by atoms with Crippen molar-refractivity contribution < 1.29 is 14.7 Å². The van der Waals surface area contributed by atoms with Gasteiger partial charge in [0.05, 0.1) is 0 Å². The Balaban J connectivity index is 4.97. The van der Waals surface area contributed by atoms with E-state index in [1.54, 1.807) is 20.8 Å². The highest BCUT2D eigenvalue weighted by molar-refractivity contribution is 5.85. The third kappa shape index (κ3) is 4.32. The van der Waals surface area contributed by atoms with Crippen LogP contribution in [0.25, 0.3) is 0 Å². The average molecular weight is 215 g/mol. The van der Waals surface area contributed by atoms with E-state index in [0.717, 1.165) is 0 Å². The fraction of sp³-hybridized carbons (Fsp3) is 0.818. The highest BCUT2D eigenvalue weighted by Crippen LogP contribution is 2.23. The average Bonchev–Trinajstić information content (AvgIpc) is 1.94. The molecule has 0 saturated heterocycles. The van der Waals surface area contributed by atoms with E-state index in [4.69, 9.17) is 5.11 Å². The molecule has 4 heteroatoms. The fourth-order valence-electron chi connectivity index (χ4n) is 1.15. The molecule has 0 fully saturated rings. The molecule has 0 aromatic heterocycles. The molecule has 15 heavy (non-hydrogen) atoms. The monoisotopic (exact) mass is 215 g/mol. The van der Waals surface area contributed by atoms with Crippen LogP contribution in [-0.4, -0.2) is 34.0 Å². The van der Waals surface area contributed by atoms with Gasteiger partial charge in [0.1, 0.15) is 6.54 Å². The SMILES string of the molecule is CC(C)(C)C(=O)N(CC(=O)O)C(C)(C)C. The van der Waals surface area contributed by atoms with Crippen LogP contribution in [0, 0.1) is 5.41 Å². The molecular weight excluding hydrogens is 194 g/mol. The largest absolute Gasteiger partial charge is 0.480 e. The van der Waals surface area contributed by atoms with Crippen LogP contribution in [0.2, 0.25) is 0 Å². The first-order valence-corrected chi connectivity index (χ1v) is 5.00. The first-order chi connectivity index (χ1) is 6.46. The molecule has 1 amide bonds. The van der Waals surface area contributed by atoms with Crippen LogP contribution in [-0.2, 0) is 9.59 Å². The van der Waals surface area contributed by atoms with E-state index in [2.05, 4.69) is 0 Å². The Labute approximate surface area is 91.3 Å². The summed E-state index contributed by atoms with van der Waals surface area (Å²) in [5.74, 6) is -1.13. The quantitative estimate of drug-likeness (QED) is 0.763. The second-order valence-electron chi connectivity index (χ2n) is 5.71. The van der Waals surface area contributed by atoms with Crippen molar-refractivity contribution in [3.63, 3.8) is 0 Å². The van der Waals surface area contributed by atoms with Gasteiger partial charge in [-0.25, -0.2) is 0 Å². The summed E-state index contributed by atoms with van der Waals surface area (Å²) >= 11 is 0. The van der Waals surface area contributed by atoms with Gasteiger partial charge in [-0.1, -0.05) is 20.8 Å². The highest BCUT2D eigenvalue weighted by atomic mass is 16.4. The minimum absolute atomic E-state index is 0.141. The van der Waals surface area contributed by atoms with Crippen LogP contribution in [0.5, 0.6) is 0 Å². The summed E-state index contributed by atoms with van der Waals surface area (Å²) in [6.45, 7) is 10.6. The number of rotatable bonds is 2. The molecule has 0 atom stereocenters. The third-order valence-electron chi connectivity index (χ3n) is 1.99. The summed E-state index contributed by atoms with van der Waals surface area (Å²) in [7, 11) is 0. The smallest absolute Gasteiger partial charge is 0.323 e.